The lowest BCUT2D eigenvalue weighted by Crippen LogP contribution is -2.23. The molecule has 1 aromatic heterocycles. The van der Waals surface area contributed by atoms with Crippen molar-refractivity contribution < 1.29 is 0 Å². The number of rotatable bonds is 4. The molecule has 100 valence electrons. The second-order valence-corrected chi connectivity index (χ2v) is 5.70. The Bertz CT molecular complexity index is 575. The lowest BCUT2D eigenvalue weighted by atomic mass is 10.0. The van der Waals surface area contributed by atoms with E-state index in [4.69, 9.17) is 23.2 Å². The highest BCUT2D eigenvalue weighted by atomic mass is 79.9. The average molecular weight is 360 g/mol. The number of halogens is 3. The molecule has 1 heterocycles. The van der Waals surface area contributed by atoms with Gasteiger partial charge >= 0.3 is 0 Å². The van der Waals surface area contributed by atoms with E-state index in [-0.39, 0.29) is 6.04 Å². The summed E-state index contributed by atoms with van der Waals surface area (Å²) in [4.78, 5) is 4.44. The van der Waals surface area contributed by atoms with E-state index < -0.39 is 0 Å². The Balaban J connectivity index is 2.45. The Labute approximate surface area is 131 Å². The fourth-order valence-corrected chi connectivity index (χ4v) is 2.67. The molecule has 1 atom stereocenters. The second-order valence-electron chi connectivity index (χ2n) is 4.03. The number of pyridine rings is 1. The third kappa shape index (κ3) is 3.48. The first-order valence-corrected chi connectivity index (χ1v) is 7.47. The summed E-state index contributed by atoms with van der Waals surface area (Å²) in [5.41, 5.74) is 1.97. The van der Waals surface area contributed by atoms with Gasteiger partial charge in [-0.15, -0.1) is 0 Å². The Hall–Kier alpha value is -0.610. The van der Waals surface area contributed by atoms with Crippen molar-refractivity contribution in [2.24, 2.45) is 0 Å². The molecular weight excluding hydrogens is 347 g/mol. The smallest absolute Gasteiger partial charge is 0.0763 e. The molecule has 0 aliphatic rings. The van der Waals surface area contributed by atoms with E-state index in [1.165, 1.54) is 0 Å². The minimum Gasteiger partial charge on any atom is -0.305 e. The zero-order valence-electron chi connectivity index (χ0n) is 10.3. The van der Waals surface area contributed by atoms with Crippen LogP contribution in [0.15, 0.2) is 41.0 Å². The molecule has 0 aliphatic carbocycles. The lowest BCUT2D eigenvalue weighted by Gasteiger charge is -2.19. The monoisotopic (exact) mass is 358 g/mol. The number of nitrogens with one attached hydrogen (secondary N) is 1. The highest BCUT2D eigenvalue weighted by Crippen LogP contribution is 2.30. The van der Waals surface area contributed by atoms with E-state index in [1.807, 2.05) is 24.3 Å². The van der Waals surface area contributed by atoms with Gasteiger partial charge in [-0.2, -0.15) is 0 Å². The summed E-state index contributed by atoms with van der Waals surface area (Å²) in [6.45, 7) is 2.88. The van der Waals surface area contributed by atoms with E-state index in [9.17, 15) is 0 Å². The molecule has 0 aliphatic heterocycles. The first-order chi connectivity index (χ1) is 9.13. The number of hydrogen-bond donors (Lipinski definition) is 1. The van der Waals surface area contributed by atoms with E-state index in [0.29, 0.717) is 10.0 Å². The molecule has 5 heteroatoms. The first-order valence-electron chi connectivity index (χ1n) is 5.92. The summed E-state index contributed by atoms with van der Waals surface area (Å²) >= 11 is 15.6. The SMILES string of the molecule is CCNC(c1ccc(Cl)c(Cl)c1)c1ncccc1Br. The molecule has 0 bridgehead atoms. The number of benzene rings is 1. The Morgan fingerprint density at radius 1 is 1.26 bits per heavy atom. The molecule has 0 amide bonds. The van der Waals surface area contributed by atoms with Crippen LogP contribution in [-0.2, 0) is 0 Å². The lowest BCUT2D eigenvalue weighted by molar-refractivity contribution is 0.613. The number of hydrogen-bond acceptors (Lipinski definition) is 2. The van der Waals surface area contributed by atoms with E-state index in [1.54, 1.807) is 12.3 Å². The number of aromatic nitrogens is 1. The van der Waals surface area contributed by atoms with Crippen molar-refractivity contribution in [2.75, 3.05) is 6.54 Å². The summed E-state index contributed by atoms with van der Waals surface area (Å²) in [6.07, 6.45) is 1.78. The average Bonchev–Trinajstić information content (AvgIpc) is 2.40. The van der Waals surface area contributed by atoms with Crippen LogP contribution in [0.4, 0.5) is 0 Å². The topological polar surface area (TPSA) is 24.9 Å². The second kappa shape index (κ2) is 6.71. The van der Waals surface area contributed by atoms with Gasteiger partial charge in [0.25, 0.3) is 0 Å². The van der Waals surface area contributed by atoms with Gasteiger partial charge in [0.15, 0.2) is 0 Å². The molecule has 0 radical (unpaired) electrons. The van der Waals surface area contributed by atoms with Crippen molar-refractivity contribution in [2.45, 2.75) is 13.0 Å². The van der Waals surface area contributed by atoms with Crippen LogP contribution in [0.2, 0.25) is 10.0 Å². The quantitative estimate of drug-likeness (QED) is 0.843. The van der Waals surface area contributed by atoms with Crippen LogP contribution >= 0.6 is 39.1 Å². The Morgan fingerprint density at radius 3 is 2.68 bits per heavy atom. The molecule has 2 rings (SSSR count). The van der Waals surface area contributed by atoms with Gasteiger partial charge in [-0.1, -0.05) is 36.2 Å². The van der Waals surface area contributed by atoms with Gasteiger partial charge in [0.2, 0.25) is 0 Å². The molecule has 1 aromatic carbocycles. The minimum absolute atomic E-state index is 0.0182. The van der Waals surface area contributed by atoms with Crippen LogP contribution in [0.25, 0.3) is 0 Å². The molecule has 1 unspecified atom stereocenters. The van der Waals surface area contributed by atoms with Gasteiger partial charge in [-0.25, -0.2) is 0 Å². The maximum absolute atomic E-state index is 6.09. The third-order valence-corrected chi connectivity index (χ3v) is 4.16. The highest BCUT2D eigenvalue weighted by Gasteiger charge is 2.17. The summed E-state index contributed by atoms with van der Waals surface area (Å²) < 4.78 is 0.965. The van der Waals surface area contributed by atoms with Gasteiger partial charge in [0.05, 0.1) is 21.8 Å². The van der Waals surface area contributed by atoms with Crippen LogP contribution in [-0.4, -0.2) is 11.5 Å². The summed E-state index contributed by atoms with van der Waals surface area (Å²) in [7, 11) is 0. The van der Waals surface area contributed by atoms with Crippen molar-refractivity contribution in [1.82, 2.24) is 10.3 Å². The molecular formula is C14H13BrCl2N2. The van der Waals surface area contributed by atoms with Crippen LogP contribution < -0.4 is 5.32 Å². The maximum atomic E-state index is 6.09. The van der Waals surface area contributed by atoms with Gasteiger partial charge in [0.1, 0.15) is 0 Å². The Morgan fingerprint density at radius 2 is 2.05 bits per heavy atom. The van der Waals surface area contributed by atoms with Gasteiger partial charge in [-0.05, 0) is 52.3 Å². The van der Waals surface area contributed by atoms with Crippen LogP contribution in [0.3, 0.4) is 0 Å². The summed E-state index contributed by atoms with van der Waals surface area (Å²) in [5, 5.41) is 4.51. The van der Waals surface area contributed by atoms with Crippen LogP contribution in [0, 0.1) is 0 Å². The molecule has 1 N–H and O–H groups in total. The normalized spacial score (nSPS) is 12.4. The molecule has 0 saturated heterocycles. The van der Waals surface area contributed by atoms with E-state index >= 15 is 0 Å². The molecule has 2 aromatic rings. The zero-order chi connectivity index (χ0) is 13.8. The van der Waals surface area contributed by atoms with Gasteiger partial charge in [-0.3, -0.25) is 4.98 Å². The van der Waals surface area contributed by atoms with E-state index in [2.05, 4.69) is 33.2 Å². The summed E-state index contributed by atoms with van der Waals surface area (Å²) in [6, 6.07) is 9.49. The zero-order valence-corrected chi connectivity index (χ0v) is 13.4. The van der Waals surface area contributed by atoms with Crippen molar-refractivity contribution >= 4 is 39.1 Å². The van der Waals surface area contributed by atoms with Gasteiger partial charge < -0.3 is 5.32 Å². The minimum atomic E-state index is -0.0182. The largest absolute Gasteiger partial charge is 0.305 e. The highest BCUT2D eigenvalue weighted by molar-refractivity contribution is 9.10. The standard InChI is InChI=1S/C14H13BrCl2N2/c1-2-18-13(14-10(15)4-3-7-19-14)9-5-6-11(16)12(17)8-9/h3-8,13,18H,2H2,1H3. The van der Waals surface area contributed by atoms with E-state index in [0.717, 1.165) is 22.3 Å². The fraction of sp³-hybridized carbons (Fsp3) is 0.214. The predicted molar refractivity (Wildman–Crippen MR) is 83.9 cm³/mol. The molecule has 0 fully saturated rings. The predicted octanol–water partition coefficient (Wildman–Crippen LogP) is 4.85. The van der Waals surface area contributed by atoms with Crippen molar-refractivity contribution in [1.29, 1.82) is 0 Å². The molecule has 19 heavy (non-hydrogen) atoms. The fourth-order valence-electron chi connectivity index (χ4n) is 1.88. The summed E-state index contributed by atoms with van der Waals surface area (Å²) in [5.74, 6) is 0. The van der Waals surface area contributed by atoms with Crippen molar-refractivity contribution in [3.8, 4) is 0 Å². The maximum Gasteiger partial charge on any atom is 0.0763 e. The van der Waals surface area contributed by atoms with Crippen molar-refractivity contribution in [3.05, 3.63) is 62.3 Å². The molecule has 2 nitrogen and oxygen atoms in total. The van der Waals surface area contributed by atoms with Crippen molar-refractivity contribution in [3.63, 3.8) is 0 Å². The number of nitrogens with zero attached hydrogens (tertiary/aromatic N) is 1. The first kappa shape index (κ1) is 14.8. The molecule has 0 saturated carbocycles. The Kier molecular flexibility index (Phi) is 5.22. The van der Waals surface area contributed by atoms with Gasteiger partial charge in [0, 0.05) is 10.7 Å². The third-order valence-electron chi connectivity index (χ3n) is 2.75. The molecule has 0 spiro atoms. The van der Waals surface area contributed by atoms with Crippen LogP contribution in [0.1, 0.15) is 24.2 Å². The van der Waals surface area contributed by atoms with Crippen LogP contribution in [0.5, 0.6) is 0 Å².